The molecule has 0 aromatic carbocycles. The fourth-order valence-electron chi connectivity index (χ4n) is 2.06. The number of nitrogens with zero attached hydrogens (tertiary/aromatic N) is 1. The van der Waals surface area contributed by atoms with Crippen LogP contribution in [-0.4, -0.2) is 62.3 Å². The van der Waals surface area contributed by atoms with Crippen LogP contribution in [0.25, 0.3) is 0 Å². The summed E-state index contributed by atoms with van der Waals surface area (Å²) in [4.78, 5) is 13.9. The predicted octanol–water partition coefficient (Wildman–Crippen LogP) is -0.361. The van der Waals surface area contributed by atoms with Gasteiger partial charge in [0.25, 0.3) is 5.91 Å². The molecule has 2 rings (SSSR count). The molecular formula is C10H21Cl2N3O2. The smallest absolute Gasteiger partial charge is 0.253 e. The number of morpholine rings is 1. The maximum Gasteiger partial charge on any atom is 0.253 e. The molecule has 0 aromatic heterocycles. The van der Waals surface area contributed by atoms with E-state index in [1.54, 1.807) is 0 Å². The SMILES string of the molecule is C[C@H]1CN(C(=O)[C@H]2CNCCO2)CCN1.Cl.Cl. The van der Waals surface area contributed by atoms with Crippen LogP contribution in [0, 0.1) is 0 Å². The van der Waals surface area contributed by atoms with Crippen LogP contribution in [0.5, 0.6) is 0 Å². The average molecular weight is 286 g/mol. The van der Waals surface area contributed by atoms with E-state index in [2.05, 4.69) is 17.6 Å². The Bertz CT molecular complexity index is 238. The van der Waals surface area contributed by atoms with Crippen molar-refractivity contribution in [3.63, 3.8) is 0 Å². The maximum absolute atomic E-state index is 12.0. The van der Waals surface area contributed by atoms with Crippen molar-refractivity contribution in [3.05, 3.63) is 0 Å². The van der Waals surface area contributed by atoms with Gasteiger partial charge in [-0.15, -0.1) is 24.8 Å². The van der Waals surface area contributed by atoms with Gasteiger partial charge in [0.15, 0.2) is 0 Å². The molecule has 2 aliphatic heterocycles. The Morgan fingerprint density at radius 3 is 2.71 bits per heavy atom. The molecule has 102 valence electrons. The minimum absolute atomic E-state index is 0. The van der Waals surface area contributed by atoms with Gasteiger partial charge in [-0.1, -0.05) is 0 Å². The van der Waals surface area contributed by atoms with Gasteiger partial charge in [0, 0.05) is 38.8 Å². The second-order valence-electron chi connectivity index (χ2n) is 4.20. The van der Waals surface area contributed by atoms with Crippen LogP contribution in [0.3, 0.4) is 0 Å². The highest BCUT2D eigenvalue weighted by molar-refractivity contribution is 5.85. The molecule has 7 heteroatoms. The lowest BCUT2D eigenvalue weighted by Gasteiger charge is -2.35. The van der Waals surface area contributed by atoms with Crippen LogP contribution >= 0.6 is 24.8 Å². The van der Waals surface area contributed by atoms with Gasteiger partial charge < -0.3 is 20.3 Å². The normalized spacial score (nSPS) is 28.9. The Kier molecular flexibility index (Phi) is 8.07. The summed E-state index contributed by atoms with van der Waals surface area (Å²) in [5.41, 5.74) is 0. The number of carbonyl (C=O) groups excluding carboxylic acids is 1. The second-order valence-corrected chi connectivity index (χ2v) is 4.20. The zero-order valence-electron chi connectivity index (χ0n) is 9.98. The summed E-state index contributed by atoms with van der Waals surface area (Å²) in [7, 11) is 0. The standard InChI is InChI=1S/C10H19N3O2.2ClH/c1-8-7-13(4-2-12-8)10(14)9-6-11-3-5-15-9;;/h8-9,11-12H,2-7H2,1H3;2*1H/t8-,9+;;/m0../s1. The van der Waals surface area contributed by atoms with Crippen LogP contribution < -0.4 is 10.6 Å². The lowest BCUT2D eigenvalue weighted by molar-refractivity contribution is -0.146. The van der Waals surface area contributed by atoms with Crippen LogP contribution in [0.1, 0.15) is 6.92 Å². The Labute approximate surface area is 114 Å². The van der Waals surface area contributed by atoms with Gasteiger partial charge in [0.1, 0.15) is 6.10 Å². The lowest BCUT2D eigenvalue weighted by atomic mass is 10.2. The zero-order valence-corrected chi connectivity index (χ0v) is 11.6. The monoisotopic (exact) mass is 285 g/mol. The fourth-order valence-corrected chi connectivity index (χ4v) is 2.06. The molecule has 0 spiro atoms. The molecule has 0 bridgehead atoms. The van der Waals surface area contributed by atoms with Crippen LogP contribution in [0.2, 0.25) is 0 Å². The van der Waals surface area contributed by atoms with E-state index >= 15 is 0 Å². The van der Waals surface area contributed by atoms with Gasteiger partial charge in [0.2, 0.25) is 0 Å². The van der Waals surface area contributed by atoms with E-state index in [0.717, 1.165) is 26.2 Å². The first-order valence-electron chi connectivity index (χ1n) is 5.62. The average Bonchev–Trinajstić information content (AvgIpc) is 2.29. The zero-order chi connectivity index (χ0) is 10.7. The third-order valence-corrected chi connectivity index (χ3v) is 2.88. The van der Waals surface area contributed by atoms with Crippen molar-refractivity contribution in [3.8, 4) is 0 Å². The number of hydrogen-bond donors (Lipinski definition) is 2. The minimum atomic E-state index is -0.274. The first-order valence-corrected chi connectivity index (χ1v) is 5.62. The lowest BCUT2D eigenvalue weighted by Crippen LogP contribution is -2.56. The molecule has 0 radical (unpaired) electrons. The molecule has 1 amide bonds. The van der Waals surface area contributed by atoms with Gasteiger partial charge in [-0.3, -0.25) is 4.79 Å². The van der Waals surface area contributed by atoms with E-state index in [1.807, 2.05) is 4.90 Å². The number of ether oxygens (including phenoxy) is 1. The van der Waals surface area contributed by atoms with E-state index in [9.17, 15) is 4.79 Å². The van der Waals surface area contributed by atoms with Gasteiger partial charge in [-0.25, -0.2) is 0 Å². The first-order chi connectivity index (χ1) is 7.27. The Morgan fingerprint density at radius 2 is 2.12 bits per heavy atom. The number of piperazine rings is 1. The molecule has 0 saturated carbocycles. The van der Waals surface area contributed by atoms with Gasteiger partial charge in [-0.2, -0.15) is 0 Å². The van der Waals surface area contributed by atoms with Crippen molar-refractivity contribution in [1.82, 2.24) is 15.5 Å². The number of amides is 1. The molecule has 0 aliphatic carbocycles. The van der Waals surface area contributed by atoms with Gasteiger partial charge in [0.05, 0.1) is 6.61 Å². The van der Waals surface area contributed by atoms with Crippen molar-refractivity contribution >= 4 is 30.7 Å². The number of halogens is 2. The summed E-state index contributed by atoms with van der Waals surface area (Å²) in [6.07, 6.45) is -0.274. The van der Waals surface area contributed by atoms with E-state index in [-0.39, 0.29) is 36.8 Å². The molecule has 2 atom stereocenters. The van der Waals surface area contributed by atoms with Crippen LogP contribution in [0.15, 0.2) is 0 Å². The number of hydrogen-bond acceptors (Lipinski definition) is 4. The third kappa shape index (κ3) is 4.60. The number of carbonyl (C=O) groups is 1. The highest BCUT2D eigenvalue weighted by atomic mass is 35.5. The highest BCUT2D eigenvalue weighted by Crippen LogP contribution is 2.05. The summed E-state index contributed by atoms with van der Waals surface area (Å²) in [5.74, 6) is 0.135. The van der Waals surface area contributed by atoms with Crippen molar-refractivity contribution in [2.24, 2.45) is 0 Å². The van der Waals surface area contributed by atoms with Crippen molar-refractivity contribution in [1.29, 1.82) is 0 Å². The van der Waals surface area contributed by atoms with E-state index in [1.165, 1.54) is 0 Å². The largest absolute Gasteiger partial charge is 0.366 e. The molecule has 5 nitrogen and oxygen atoms in total. The molecule has 2 N–H and O–H groups in total. The summed E-state index contributed by atoms with van der Waals surface area (Å²) in [6.45, 7) is 6.70. The molecule has 2 aliphatic rings. The van der Waals surface area contributed by atoms with Crippen LogP contribution in [-0.2, 0) is 9.53 Å². The van der Waals surface area contributed by atoms with Crippen molar-refractivity contribution in [2.45, 2.75) is 19.1 Å². The van der Waals surface area contributed by atoms with E-state index in [4.69, 9.17) is 4.74 Å². The third-order valence-electron chi connectivity index (χ3n) is 2.88. The second kappa shape index (κ2) is 8.11. The van der Waals surface area contributed by atoms with E-state index < -0.39 is 0 Å². The predicted molar refractivity (Wildman–Crippen MR) is 71.2 cm³/mol. The quantitative estimate of drug-likeness (QED) is 0.691. The van der Waals surface area contributed by atoms with E-state index in [0.29, 0.717) is 19.2 Å². The fraction of sp³-hybridized carbons (Fsp3) is 0.900. The molecule has 0 unspecified atom stereocenters. The molecule has 17 heavy (non-hydrogen) atoms. The van der Waals surface area contributed by atoms with Crippen molar-refractivity contribution < 1.29 is 9.53 Å². The number of nitrogens with one attached hydrogen (secondary N) is 2. The Hall–Kier alpha value is -0.0700. The highest BCUT2D eigenvalue weighted by Gasteiger charge is 2.28. The Balaban J connectivity index is 0.00000128. The van der Waals surface area contributed by atoms with Crippen molar-refractivity contribution in [2.75, 3.05) is 39.3 Å². The van der Waals surface area contributed by atoms with Crippen LogP contribution in [0.4, 0.5) is 0 Å². The molecule has 2 fully saturated rings. The topological polar surface area (TPSA) is 53.6 Å². The molecule has 2 saturated heterocycles. The minimum Gasteiger partial charge on any atom is -0.366 e. The van der Waals surface area contributed by atoms with Gasteiger partial charge in [-0.05, 0) is 6.92 Å². The first kappa shape index (κ1) is 16.9. The molecule has 0 aromatic rings. The summed E-state index contributed by atoms with van der Waals surface area (Å²) < 4.78 is 5.45. The molecular weight excluding hydrogens is 265 g/mol. The number of rotatable bonds is 1. The summed E-state index contributed by atoms with van der Waals surface area (Å²) >= 11 is 0. The maximum atomic E-state index is 12.0. The summed E-state index contributed by atoms with van der Waals surface area (Å²) in [6, 6.07) is 0.388. The molecule has 2 heterocycles. The Morgan fingerprint density at radius 1 is 1.35 bits per heavy atom. The van der Waals surface area contributed by atoms with Gasteiger partial charge >= 0.3 is 0 Å². The summed E-state index contributed by atoms with van der Waals surface area (Å²) in [5, 5.41) is 6.50.